The topological polar surface area (TPSA) is 47.0 Å². The minimum atomic E-state index is 0.723. The number of methoxy groups -OCH3 is 1. The summed E-state index contributed by atoms with van der Waals surface area (Å²) in [6.45, 7) is 2.07. The molecule has 4 nitrogen and oxygen atoms in total. The van der Waals surface area contributed by atoms with Crippen LogP contribution >= 0.6 is 11.3 Å². The van der Waals surface area contributed by atoms with Crippen LogP contribution in [0.2, 0.25) is 0 Å². The van der Waals surface area contributed by atoms with E-state index in [0.29, 0.717) is 0 Å². The van der Waals surface area contributed by atoms with Gasteiger partial charge < -0.3 is 10.1 Å². The summed E-state index contributed by atoms with van der Waals surface area (Å²) >= 11 is 1.58. The van der Waals surface area contributed by atoms with Crippen LogP contribution in [-0.4, -0.2) is 24.1 Å². The Labute approximate surface area is 121 Å². The second-order valence-electron chi connectivity index (χ2n) is 4.47. The smallest absolute Gasteiger partial charge is 0.172 e. The van der Waals surface area contributed by atoms with E-state index in [0.717, 1.165) is 33.2 Å². The molecule has 2 heterocycles. The second kappa shape index (κ2) is 5.09. The molecule has 3 aromatic rings. The van der Waals surface area contributed by atoms with Gasteiger partial charge in [0.25, 0.3) is 0 Å². The number of aromatic nitrogens is 2. The Hall–Kier alpha value is -2.14. The molecule has 0 aliphatic rings. The highest BCUT2D eigenvalue weighted by molar-refractivity contribution is 7.13. The summed E-state index contributed by atoms with van der Waals surface area (Å²) in [4.78, 5) is 10.3. The summed E-state index contributed by atoms with van der Waals surface area (Å²) in [6, 6.07) is 8.06. The molecule has 1 N–H and O–H groups in total. The predicted octanol–water partition coefficient (Wildman–Crippen LogP) is 3.72. The summed E-state index contributed by atoms with van der Waals surface area (Å²) in [6.07, 6.45) is 0. The van der Waals surface area contributed by atoms with Crippen molar-refractivity contribution in [3.8, 4) is 16.5 Å². The summed E-state index contributed by atoms with van der Waals surface area (Å²) < 4.78 is 5.22. The third-order valence-corrected chi connectivity index (χ3v) is 4.10. The van der Waals surface area contributed by atoms with E-state index in [1.165, 1.54) is 5.56 Å². The quantitative estimate of drug-likeness (QED) is 0.796. The second-order valence-corrected chi connectivity index (χ2v) is 5.38. The Balaban J connectivity index is 2.22. The number of hydrogen-bond acceptors (Lipinski definition) is 5. The van der Waals surface area contributed by atoms with Crippen LogP contribution in [0.3, 0.4) is 0 Å². The fourth-order valence-electron chi connectivity index (χ4n) is 2.19. The van der Waals surface area contributed by atoms with Crippen molar-refractivity contribution in [3.63, 3.8) is 0 Å². The number of thiophene rings is 1. The molecule has 0 atom stereocenters. The Morgan fingerprint density at radius 1 is 1.25 bits per heavy atom. The van der Waals surface area contributed by atoms with Gasteiger partial charge in [-0.15, -0.1) is 11.3 Å². The fraction of sp³-hybridized carbons (Fsp3) is 0.200. The standard InChI is InChI=1S/C15H15N3OS/c1-9-5-4-6-11-13(9)15(16-2)18-14(17-11)12-7-10(19-3)8-20-12/h4-8H,1-3H3,(H,16,17,18). The van der Waals surface area contributed by atoms with Gasteiger partial charge in [-0.2, -0.15) is 0 Å². The van der Waals surface area contributed by atoms with E-state index in [9.17, 15) is 0 Å². The number of nitrogens with zero attached hydrogens (tertiary/aromatic N) is 2. The monoisotopic (exact) mass is 285 g/mol. The van der Waals surface area contributed by atoms with Crippen molar-refractivity contribution in [2.24, 2.45) is 0 Å². The molecule has 5 heteroatoms. The summed E-state index contributed by atoms with van der Waals surface area (Å²) in [7, 11) is 3.54. The van der Waals surface area contributed by atoms with Gasteiger partial charge in [-0.3, -0.25) is 0 Å². The van der Waals surface area contributed by atoms with Crippen molar-refractivity contribution in [2.75, 3.05) is 19.5 Å². The van der Waals surface area contributed by atoms with Gasteiger partial charge in [0.2, 0.25) is 0 Å². The lowest BCUT2D eigenvalue weighted by molar-refractivity contribution is 0.417. The molecule has 20 heavy (non-hydrogen) atoms. The van der Waals surface area contributed by atoms with Crippen LogP contribution in [0.15, 0.2) is 29.6 Å². The van der Waals surface area contributed by atoms with Crippen LogP contribution in [0.5, 0.6) is 5.75 Å². The molecule has 1 aromatic carbocycles. The lowest BCUT2D eigenvalue weighted by Crippen LogP contribution is -1.99. The molecule has 0 aliphatic carbocycles. The molecule has 3 rings (SSSR count). The van der Waals surface area contributed by atoms with Gasteiger partial charge in [-0.25, -0.2) is 9.97 Å². The van der Waals surface area contributed by atoms with E-state index in [2.05, 4.69) is 28.3 Å². The molecule has 0 spiro atoms. The largest absolute Gasteiger partial charge is 0.496 e. The van der Waals surface area contributed by atoms with E-state index < -0.39 is 0 Å². The maximum Gasteiger partial charge on any atom is 0.172 e. The molecule has 0 saturated heterocycles. The van der Waals surface area contributed by atoms with Crippen molar-refractivity contribution in [1.29, 1.82) is 0 Å². The van der Waals surface area contributed by atoms with Gasteiger partial charge in [0.15, 0.2) is 5.82 Å². The van der Waals surface area contributed by atoms with E-state index in [4.69, 9.17) is 4.74 Å². The maximum atomic E-state index is 5.22. The first-order valence-corrected chi connectivity index (χ1v) is 7.19. The van der Waals surface area contributed by atoms with Crippen LogP contribution in [0.4, 0.5) is 5.82 Å². The third-order valence-electron chi connectivity index (χ3n) is 3.20. The van der Waals surface area contributed by atoms with Crippen molar-refractivity contribution >= 4 is 28.1 Å². The fourth-order valence-corrected chi connectivity index (χ4v) is 2.98. The molecule has 0 aliphatic heterocycles. The molecule has 2 aromatic heterocycles. The number of fused-ring (bicyclic) bond motifs is 1. The number of benzene rings is 1. The van der Waals surface area contributed by atoms with Gasteiger partial charge in [-0.1, -0.05) is 12.1 Å². The van der Waals surface area contributed by atoms with Crippen molar-refractivity contribution in [1.82, 2.24) is 9.97 Å². The molecule has 0 bridgehead atoms. The Morgan fingerprint density at radius 3 is 2.80 bits per heavy atom. The summed E-state index contributed by atoms with van der Waals surface area (Å²) in [5.74, 6) is 2.42. The van der Waals surface area contributed by atoms with E-state index in [-0.39, 0.29) is 0 Å². The van der Waals surface area contributed by atoms with E-state index in [1.807, 2.05) is 30.6 Å². The van der Waals surface area contributed by atoms with Crippen molar-refractivity contribution in [2.45, 2.75) is 6.92 Å². The van der Waals surface area contributed by atoms with Crippen LogP contribution in [0, 0.1) is 6.92 Å². The van der Waals surface area contributed by atoms with E-state index >= 15 is 0 Å². The number of aryl methyl sites for hydroxylation is 1. The minimum Gasteiger partial charge on any atom is -0.496 e. The lowest BCUT2D eigenvalue weighted by atomic mass is 10.1. The third kappa shape index (κ3) is 2.10. The highest BCUT2D eigenvalue weighted by Crippen LogP contribution is 2.32. The van der Waals surface area contributed by atoms with Crippen molar-refractivity contribution < 1.29 is 4.74 Å². The highest BCUT2D eigenvalue weighted by atomic mass is 32.1. The predicted molar refractivity (Wildman–Crippen MR) is 83.7 cm³/mol. The number of hydrogen-bond donors (Lipinski definition) is 1. The number of anilines is 1. The molecule has 0 radical (unpaired) electrons. The van der Waals surface area contributed by atoms with Crippen LogP contribution in [0.25, 0.3) is 21.6 Å². The van der Waals surface area contributed by atoms with Gasteiger partial charge in [0.05, 0.1) is 17.5 Å². The average Bonchev–Trinajstić information content (AvgIpc) is 2.95. The van der Waals surface area contributed by atoms with Gasteiger partial charge in [-0.05, 0) is 18.6 Å². The average molecular weight is 285 g/mol. The molecule has 0 fully saturated rings. The lowest BCUT2D eigenvalue weighted by Gasteiger charge is -2.09. The van der Waals surface area contributed by atoms with Crippen LogP contribution < -0.4 is 10.1 Å². The molecular weight excluding hydrogens is 270 g/mol. The van der Waals surface area contributed by atoms with Gasteiger partial charge in [0.1, 0.15) is 11.6 Å². The Kier molecular flexibility index (Phi) is 3.28. The summed E-state index contributed by atoms with van der Waals surface area (Å²) in [5.41, 5.74) is 2.12. The number of ether oxygens (including phenoxy) is 1. The summed E-state index contributed by atoms with van der Waals surface area (Å²) in [5, 5.41) is 6.19. The van der Waals surface area contributed by atoms with Gasteiger partial charge in [0, 0.05) is 23.9 Å². The van der Waals surface area contributed by atoms with Gasteiger partial charge >= 0.3 is 0 Å². The maximum absolute atomic E-state index is 5.22. The number of nitrogens with one attached hydrogen (secondary N) is 1. The molecule has 0 unspecified atom stereocenters. The molecular formula is C15H15N3OS. The Bertz CT molecular complexity index is 767. The minimum absolute atomic E-state index is 0.723. The highest BCUT2D eigenvalue weighted by Gasteiger charge is 2.12. The number of rotatable bonds is 3. The zero-order valence-corrected chi connectivity index (χ0v) is 12.4. The first-order chi connectivity index (χ1) is 9.72. The van der Waals surface area contributed by atoms with E-state index in [1.54, 1.807) is 18.4 Å². The molecule has 0 amide bonds. The SMILES string of the molecule is CNc1nc(-c2cc(OC)cs2)nc2cccc(C)c12. The van der Waals surface area contributed by atoms with Crippen molar-refractivity contribution in [3.05, 3.63) is 35.2 Å². The molecule has 0 saturated carbocycles. The van der Waals surface area contributed by atoms with Crippen LogP contribution in [-0.2, 0) is 0 Å². The first-order valence-electron chi connectivity index (χ1n) is 6.31. The normalized spacial score (nSPS) is 10.8. The van der Waals surface area contributed by atoms with Crippen LogP contribution in [0.1, 0.15) is 5.56 Å². The molecule has 102 valence electrons. The first kappa shape index (κ1) is 12.9. The zero-order valence-electron chi connectivity index (χ0n) is 11.6. The Morgan fingerprint density at radius 2 is 2.10 bits per heavy atom. The zero-order chi connectivity index (χ0) is 14.1.